The Morgan fingerprint density at radius 3 is 2.32 bits per heavy atom. The lowest BCUT2D eigenvalue weighted by Crippen LogP contribution is -2.38. The van der Waals surface area contributed by atoms with Crippen molar-refractivity contribution in [3.8, 4) is 5.69 Å². The second kappa shape index (κ2) is 10.6. The molecule has 0 atom stereocenters. The van der Waals surface area contributed by atoms with Crippen LogP contribution >= 0.6 is 0 Å². The first-order valence-corrected chi connectivity index (χ1v) is 13.4. The normalized spacial score (nSPS) is 17.3. The highest BCUT2D eigenvalue weighted by atomic mass is 16.6. The zero-order chi connectivity index (χ0) is 26.0. The van der Waals surface area contributed by atoms with Gasteiger partial charge in [0.15, 0.2) is 0 Å². The first-order valence-electron chi connectivity index (χ1n) is 13.4. The summed E-state index contributed by atoms with van der Waals surface area (Å²) in [5, 5.41) is 0. The van der Waals surface area contributed by atoms with Gasteiger partial charge in [-0.05, 0) is 75.3 Å². The van der Waals surface area contributed by atoms with E-state index in [-0.39, 0.29) is 17.8 Å². The molecule has 7 heteroatoms. The predicted octanol–water partition coefficient (Wildman–Crippen LogP) is 4.81. The average molecular weight is 503 g/mol. The van der Waals surface area contributed by atoms with Gasteiger partial charge in [-0.2, -0.15) is 0 Å². The molecule has 0 unspecified atom stereocenters. The SMILES string of the molecule is CC(C)(C)OC(=O)N1CCc2ccc(-n3ccn(C4CCN(Cc5ccccc5)CC4)c3=O)cc2CC1. The van der Waals surface area contributed by atoms with Crippen LogP contribution in [0.4, 0.5) is 4.79 Å². The van der Waals surface area contributed by atoms with Crippen LogP contribution < -0.4 is 5.69 Å². The summed E-state index contributed by atoms with van der Waals surface area (Å²) in [6.07, 6.45) is 7.05. The van der Waals surface area contributed by atoms with E-state index < -0.39 is 5.60 Å². The summed E-state index contributed by atoms with van der Waals surface area (Å²) in [4.78, 5) is 30.2. The van der Waals surface area contributed by atoms with Crippen LogP contribution in [0.25, 0.3) is 5.69 Å². The van der Waals surface area contributed by atoms with E-state index in [4.69, 9.17) is 4.74 Å². The molecule has 2 aliphatic heterocycles. The number of amides is 1. The van der Waals surface area contributed by atoms with Crippen molar-refractivity contribution in [2.75, 3.05) is 26.2 Å². The Labute approximate surface area is 219 Å². The van der Waals surface area contributed by atoms with Gasteiger partial charge in [-0.3, -0.25) is 14.0 Å². The summed E-state index contributed by atoms with van der Waals surface area (Å²) >= 11 is 0. The number of fused-ring (bicyclic) bond motifs is 1. The number of rotatable bonds is 4. The van der Waals surface area contributed by atoms with Gasteiger partial charge in [0.2, 0.25) is 0 Å². The van der Waals surface area contributed by atoms with Crippen LogP contribution in [-0.2, 0) is 24.1 Å². The molecule has 0 saturated carbocycles. The minimum absolute atomic E-state index is 0.0189. The van der Waals surface area contributed by atoms with E-state index in [1.165, 1.54) is 16.7 Å². The fraction of sp³-hybridized carbons (Fsp3) is 0.467. The quantitative estimate of drug-likeness (QED) is 0.514. The summed E-state index contributed by atoms with van der Waals surface area (Å²) in [5.41, 5.74) is 4.16. The molecule has 0 spiro atoms. The number of carbonyl (C=O) groups excluding carboxylic acids is 1. The minimum Gasteiger partial charge on any atom is -0.444 e. The van der Waals surface area contributed by atoms with Gasteiger partial charge in [0.1, 0.15) is 5.60 Å². The summed E-state index contributed by atoms with van der Waals surface area (Å²) in [7, 11) is 0. The number of hydrogen-bond donors (Lipinski definition) is 0. The Morgan fingerprint density at radius 1 is 0.919 bits per heavy atom. The van der Waals surface area contributed by atoms with E-state index in [0.717, 1.165) is 51.0 Å². The number of aromatic nitrogens is 2. The number of ether oxygens (including phenoxy) is 1. The van der Waals surface area contributed by atoms with E-state index in [1.807, 2.05) is 43.8 Å². The second-order valence-corrected chi connectivity index (χ2v) is 11.3. The van der Waals surface area contributed by atoms with Crippen LogP contribution in [0.2, 0.25) is 0 Å². The van der Waals surface area contributed by atoms with Crippen LogP contribution in [0, 0.1) is 0 Å². The van der Waals surface area contributed by atoms with Crippen molar-refractivity contribution in [3.05, 3.63) is 88.1 Å². The summed E-state index contributed by atoms with van der Waals surface area (Å²) in [5.74, 6) is 0. The van der Waals surface area contributed by atoms with Crippen molar-refractivity contribution in [2.45, 2.75) is 64.6 Å². The van der Waals surface area contributed by atoms with E-state index in [0.29, 0.717) is 13.1 Å². The van der Waals surface area contributed by atoms with Gasteiger partial charge in [0, 0.05) is 51.2 Å². The standard InChI is InChI=1S/C30H38N4O3/c1-30(2,3)37-29(36)32-17-11-24-9-10-27(21-25(24)12-18-32)34-20-19-33(28(34)35)26-13-15-31(16-14-26)22-23-7-5-4-6-8-23/h4-10,19-21,26H,11-18,22H2,1-3H3. The van der Waals surface area contributed by atoms with Crippen LogP contribution in [0.1, 0.15) is 56.3 Å². The van der Waals surface area contributed by atoms with Crippen molar-refractivity contribution < 1.29 is 9.53 Å². The maximum Gasteiger partial charge on any atom is 0.410 e. The highest BCUT2D eigenvalue weighted by Crippen LogP contribution is 2.24. The Kier molecular flexibility index (Phi) is 7.24. The Balaban J connectivity index is 1.24. The number of piperidine rings is 1. The largest absolute Gasteiger partial charge is 0.444 e. The van der Waals surface area contributed by atoms with E-state index in [1.54, 1.807) is 9.47 Å². The van der Waals surface area contributed by atoms with E-state index in [2.05, 4.69) is 47.4 Å². The van der Waals surface area contributed by atoms with E-state index in [9.17, 15) is 9.59 Å². The molecule has 1 aromatic heterocycles. The van der Waals surface area contributed by atoms with Crippen LogP contribution in [0.15, 0.2) is 65.7 Å². The first kappa shape index (κ1) is 25.3. The maximum absolute atomic E-state index is 13.4. The third-order valence-electron chi connectivity index (χ3n) is 7.42. The van der Waals surface area contributed by atoms with Crippen LogP contribution in [-0.4, -0.2) is 56.8 Å². The second-order valence-electron chi connectivity index (χ2n) is 11.3. The molecule has 3 heterocycles. The van der Waals surface area contributed by atoms with Crippen molar-refractivity contribution in [1.82, 2.24) is 18.9 Å². The van der Waals surface area contributed by atoms with Crippen LogP contribution in [0.3, 0.4) is 0 Å². The minimum atomic E-state index is -0.504. The first-order chi connectivity index (χ1) is 17.8. The van der Waals surface area contributed by atoms with Gasteiger partial charge in [0.25, 0.3) is 0 Å². The summed E-state index contributed by atoms with van der Waals surface area (Å²) in [6, 6.07) is 17.0. The molecular formula is C30H38N4O3. The Bertz CT molecular complexity index is 1280. The van der Waals surface area contributed by atoms with E-state index >= 15 is 0 Å². The van der Waals surface area contributed by atoms with Gasteiger partial charge in [0.05, 0.1) is 5.69 Å². The zero-order valence-electron chi connectivity index (χ0n) is 22.2. The molecule has 2 aliphatic rings. The Hall–Kier alpha value is -3.32. The number of nitrogens with zero attached hydrogens (tertiary/aromatic N) is 4. The predicted molar refractivity (Wildman–Crippen MR) is 145 cm³/mol. The number of carbonyl (C=O) groups is 1. The highest BCUT2D eigenvalue weighted by Gasteiger charge is 2.25. The highest BCUT2D eigenvalue weighted by molar-refractivity contribution is 5.68. The summed E-state index contributed by atoms with van der Waals surface area (Å²) in [6.45, 7) is 9.87. The van der Waals surface area contributed by atoms with Crippen molar-refractivity contribution in [2.24, 2.45) is 0 Å². The van der Waals surface area contributed by atoms with Gasteiger partial charge in [-0.25, -0.2) is 9.59 Å². The number of imidazole rings is 1. The fourth-order valence-electron chi connectivity index (χ4n) is 5.43. The van der Waals surface area contributed by atoms with Crippen molar-refractivity contribution >= 4 is 6.09 Å². The molecular weight excluding hydrogens is 464 g/mol. The van der Waals surface area contributed by atoms with Crippen molar-refractivity contribution in [3.63, 3.8) is 0 Å². The molecule has 1 fully saturated rings. The molecule has 7 nitrogen and oxygen atoms in total. The molecule has 0 bridgehead atoms. The molecule has 0 aliphatic carbocycles. The molecule has 5 rings (SSSR count). The molecule has 3 aromatic rings. The lowest BCUT2D eigenvalue weighted by atomic mass is 10.0. The lowest BCUT2D eigenvalue weighted by Gasteiger charge is -2.32. The molecule has 2 aromatic carbocycles. The van der Waals surface area contributed by atoms with Gasteiger partial charge in [-0.1, -0.05) is 36.4 Å². The maximum atomic E-state index is 13.4. The third kappa shape index (κ3) is 5.99. The molecule has 0 N–H and O–H groups in total. The molecule has 196 valence electrons. The topological polar surface area (TPSA) is 59.7 Å². The molecule has 0 radical (unpaired) electrons. The zero-order valence-corrected chi connectivity index (χ0v) is 22.2. The number of likely N-dealkylation sites (tertiary alicyclic amines) is 1. The molecule has 37 heavy (non-hydrogen) atoms. The third-order valence-corrected chi connectivity index (χ3v) is 7.42. The Morgan fingerprint density at radius 2 is 1.62 bits per heavy atom. The van der Waals surface area contributed by atoms with Crippen LogP contribution in [0.5, 0.6) is 0 Å². The molecule has 1 saturated heterocycles. The van der Waals surface area contributed by atoms with Crippen molar-refractivity contribution in [1.29, 1.82) is 0 Å². The van der Waals surface area contributed by atoms with Gasteiger partial charge >= 0.3 is 11.8 Å². The monoisotopic (exact) mass is 502 g/mol. The number of benzene rings is 2. The fourth-order valence-corrected chi connectivity index (χ4v) is 5.43. The van der Waals surface area contributed by atoms with Gasteiger partial charge in [-0.15, -0.1) is 0 Å². The smallest absolute Gasteiger partial charge is 0.410 e. The molecule has 1 amide bonds. The average Bonchev–Trinajstić information content (AvgIpc) is 3.12. The number of hydrogen-bond acceptors (Lipinski definition) is 4. The lowest BCUT2D eigenvalue weighted by molar-refractivity contribution is 0.0258. The summed E-state index contributed by atoms with van der Waals surface area (Å²) < 4.78 is 9.24. The van der Waals surface area contributed by atoms with Gasteiger partial charge < -0.3 is 9.64 Å².